The normalized spacial score (nSPS) is 12.2. The highest BCUT2D eigenvalue weighted by Gasteiger charge is 2.25. The van der Waals surface area contributed by atoms with Crippen LogP contribution in [0.25, 0.3) is 11.0 Å². The quantitative estimate of drug-likeness (QED) is 0.833. The van der Waals surface area contributed by atoms with Crippen LogP contribution in [0.15, 0.2) is 18.5 Å². The van der Waals surface area contributed by atoms with Crippen LogP contribution in [-0.2, 0) is 5.41 Å². The number of nitrogens with zero attached hydrogens (tertiary/aromatic N) is 2. The van der Waals surface area contributed by atoms with E-state index in [1.807, 2.05) is 6.07 Å². The molecule has 80 valence electrons. The zero-order valence-electron chi connectivity index (χ0n) is 9.54. The van der Waals surface area contributed by atoms with Crippen LogP contribution >= 0.6 is 0 Å². The largest absolute Gasteiger partial charge is 0.341 e. The van der Waals surface area contributed by atoms with Gasteiger partial charge in [0.1, 0.15) is 11.3 Å². The molecule has 0 aliphatic rings. The van der Waals surface area contributed by atoms with E-state index in [9.17, 15) is 0 Å². The van der Waals surface area contributed by atoms with Crippen LogP contribution in [0.1, 0.15) is 39.4 Å². The molecule has 2 heterocycles. The fraction of sp³-hybridized carbons (Fsp3) is 0.500. The summed E-state index contributed by atoms with van der Waals surface area (Å²) in [4.78, 5) is 12.1. The van der Waals surface area contributed by atoms with Gasteiger partial charge >= 0.3 is 0 Å². The molecule has 2 aromatic rings. The first-order valence-corrected chi connectivity index (χ1v) is 5.50. The fourth-order valence-electron chi connectivity index (χ4n) is 1.73. The summed E-state index contributed by atoms with van der Waals surface area (Å²) >= 11 is 0. The Bertz CT molecular complexity index is 422. The number of rotatable bonds is 3. The smallest absolute Gasteiger partial charge is 0.113 e. The number of H-pyrrole nitrogens is 1. The van der Waals surface area contributed by atoms with Crippen molar-refractivity contribution in [2.75, 3.05) is 0 Å². The van der Waals surface area contributed by atoms with Crippen molar-refractivity contribution < 1.29 is 0 Å². The van der Waals surface area contributed by atoms with E-state index in [2.05, 4.69) is 35.7 Å². The van der Waals surface area contributed by atoms with E-state index < -0.39 is 0 Å². The molecule has 3 nitrogen and oxygen atoms in total. The molecule has 1 N–H and O–H groups in total. The molecule has 0 aliphatic heterocycles. The maximum Gasteiger partial charge on any atom is 0.113 e. The van der Waals surface area contributed by atoms with E-state index in [1.165, 1.54) is 0 Å². The van der Waals surface area contributed by atoms with Crippen LogP contribution in [0, 0.1) is 0 Å². The van der Waals surface area contributed by atoms with Gasteiger partial charge in [0.05, 0.1) is 11.7 Å². The minimum atomic E-state index is 0.152. The number of fused-ring (bicyclic) bond motifs is 1. The molecule has 0 fully saturated rings. The average Bonchev–Trinajstić information content (AvgIpc) is 2.72. The molecule has 0 aliphatic carbocycles. The topological polar surface area (TPSA) is 41.6 Å². The first-order valence-electron chi connectivity index (χ1n) is 5.50. The molecule has 0 saturated heterocycles. The van der Waals surface area contributed by atoms with Gasteiger partial charge in [-0.1, -0.05) is 20.8 Å². The van der Waals surface area contributed by atoms with Crippen LogP contribution < -0.4 is 0 Å². The molecule has 0 radical (unpaired) electrons. The van der Waals surface area contributed by atoms with Crippen LogP contribution in [0.3, 0.4) is 0 Å². The second kappa shape index (κ2) is 3.65. The fourth-order valence-corrected chi connectivity index (χ4v) is 1.73. The number of nitrogens with one attached hydrogen (secondary N) is 1. The Balaban J connectivity index is 2.52. The Morgan fingerprint density at radius 2 is 2.07 bits per heavy atom. The number of imidazole rings is 1. The third kappa shape index (κ3) is 1.62. The van der Waals surface area contributed by atoms with Gasteiger partial charge in [0, 0.05) is 11.6 Å². The van der Waals surface area contributed by atoms with Crippen molar-refractivity contribution in [3.8, 4) is 0 Å². The van der Waals surface area contributed by atoms with Crippen molar-refractivity contribution in [1.29, 1.82) is 0 Å². The maximum atomic E-state index is 4.61. The molecule has 0 spiro atoms. The van der Waals surface area contributed by atoms with E-state index in [0.29, 0.717) is 0 Å². The van der Waals surface area contributed by atoms with Crippen LogP contribution in [0.5, 0.6) is 0 Å². The van der Waals surface area contributed by atoms with Gasteiger partial charge in [0.15, 0.2) is 0 Å². The minimum Gasteiger partial charge on any atom is -0.341 e. The highest BCUT2D eigenvalue weighted by atomic mass is 14.9. The van der Waals surface area contributed by atoms with E-state index >= 15 is 0 Å². The molecule has 0 aromatic carbocycles. The van der Waals surface area contributed by atoms with E-state index in [0.717, 1.165) is 29.7 Å². The number of pyridine rings is 1. The third-order valence-corrected chi connectivity index (χ3v) is 3.42. The standard InChI is InChI=1S/C12H17N3/c1-4-12(3,5-2)11-14-9-6-7-13-8-10(9)15-11/h6-8H,4-5H2,1-3H3,(H,14,15). The summed E-state index contributed by atoms with van der Waals surface area (Å²) in [5.41, 5.74) is 2.19. The number of aromatic amines is 1. The lowest BCUT2D eigenvalue weighted by Gasteiger charge is -2.23. The van der Waals surface area contributed by atoms with Gasteiger partial charge in [-0.05, 0) is 18.9 Å². The molecule has 0 bridgehead atoms. The monoisotopic (exact) mass is 203 g/mol. The zero-order valence-corrected chi connectivity index (χ0v) is 9.54. The second-order valence-corrected chi connectivity index (χ2v) is 4.25. The van der Waals surface area contributed by atoms with Gasteiger partial charge in [-0.3, -0.25) is 4.98 Å². The number of aromatic nitrogens is 3. The van der Waals surface area contributed by atoms with Crippen molar-refractivity contribution in [2.24, 2.45) is 0 Å². The van der Waals surface area contributed by atoms with Crippen molar-refractivity contribution in [3.63, 3.8) is 0 Å². The number of hydrogen-bond acceptors (Lipinski definition) is 2. The lowest BCUT2D eigenvalue weighted by Crippen LogP contribution is -2.21. The Hall–Kier alpha value is -1.38. The Morgan fingerprint density at radius 1 is 1.33 bits per heavy atom. The molecule has 0 amide bonds. The minimum absolute atomic E-state index is 0.152. The number of hydrogen-bond donors (Lipinski definition) is 1. The highest BCUT2D eigenvalue weighted by molar-refractivity contribution is 5.73. The van der Waals surface area contributed by atoms with Crippen molar-refractivity contribution in [2.45, 2.75) is 39.0 Å². The Morgan fingerprint density at radius 3 is 2.67 bits per heavy atom. The maximum absolute atomic E-state index is 4.61. The van der Waals surface area contributed by atoms with Gasteiger partial charge in [0.2, 0.25) is 0 Å². The Labute approximate surface area is 90.0 Å². The van der Waals surface area contributed by atoms with Gasteiger partial charge < -0.3 is 4.98 Å². The summed E-state index contributed by atoms with van der Waals surface area (Å²) in [6, 6.07) is 1.97. The van der Waals surface area contributed by atoms with Gasteiger partial charge in [-0.15, -0.1) is 0 Å². The predicted octanol–water partition coefficient (Wildman–Crippen LogP) is 3.04. The molecular weight excluding hydrogens is 186 g/mol. The first kappa shape index (κ1) is 10.1. The molecule has 2 aromatic heterocycles. The van der Waals surface area contributed by atoms with Crippen molar-refractivity contribution in [1.82, 2.24) is 15.0 Å². The highest BCUT2D eigenvalue weighted by Crippen LogP contribution is 2.29. The first-order chi connectivity index (χ1) is 7.19. The summed E-state index contributed by atoms with van der Waals surface area (Å²) in [6.45, 7) is 6.65. The summed E-state index contributed by atoms with van der Waals surface area (Å²) in [6.07, 6.45) is 5.79. The SMILES string of the molecule is CCC(C)(CC)c1nc2cnccc2[nH]1. The predicted molar refractivity (Wildman–Crippen MR) is 61.8 cm³/mol. The van der Waals surface area contributed by atoms with Gasteiger partial charge in [-0.2, -0.15) is 0 Å². The molecule has 0 saturated carbocycles. The van der Waals surface area contributed by atoms with Gasteiger partial charge in [0.25, 0.3) is 0 Å². The molecule has 15 heavy (non-hydrogen) atoms. The summed E-state index contributed by atoms with van der Waals surface area (Å²) in [5.74, 6) is 1.08. The lowest BCUT2D eigenvalue weighted by atomic mass is 9.84. The van der Waals surface area contributed by atoms with Gasteiger partial charge in [-0.25, -0.2) is 4.98 Å². The second-order valence-electron chi connectivity index (χ2n) is 4.25. The van der Waals surface area contributed by atoms with Crippen molar-refractivity contribution in [3.05, 3.63) is 24.3 Å². The van der Waals surface area contributed by atoms with Crippen LogP contribution in [0.4, 0.5) is 0 Å². The van der Waals surface area contributed by atoms with Crippen LogP contribution in [-0.4, -0.2) is 15.0 Å². The molecule has 0 unspecified atom stereocenters. The van der Waals surface area contributed by atoms with E-state index in [-0.39, 0.29) is 5.41 Å². The lowest BCUT2D eigenvalue weighted by molar-refractivity contribution is 0.416. The molecule has 2 rings (SSSR count). The summed E-state index contributed by atoms with van der Waals surface area (Å²) in [5, 5.41) is 0. The van der Waals surface area contributed by atoms with E-state index in [1.54, 1.807) is 12.4 Å². The molecule has 0 atom stereocenters. The molecular formula is C12H17N3. The van der Waals surface area contributed by atoms with Crippen molar-refractivity contribution >= 4 is 11.0 Å². The summed E-state index contributed by atoms with van der Waals surface area (Å²) in [7, 11) is 0. The zero-order chi connectivity index (χ0) is 10.9. The Kier molecular flexibility index (Phi) is 2.47. The van der Waals surface area contributed by atoms with E-state index in [4.69, 9.17) is 0 Å². The molecule has 3 heteroatoms. The summed E-state index contributed by atoms with van der Waals surface area (Å²) < 4.78 is 0. The third-order valence-electron chi connectivity index (χ3n) is 3.42. The van der Waals surface area contributed by atoms with Crippen LogP contribution in [0.2, 0.25) is 0 Å². The average molecular weight is 203 g/mol.